The Kier molecular flexibility index (Phi) is 8.73. The first kappa shape index (κ1) is 33.0. The zero-order valence-corrected chi connectivity index (χ0v) is 33.2. The van der Waals surface area contributed by atoms with Gasteiger partial charge in [0.2, 0.25) is 0 Å². The van der Waals surface area contributed by atoms with Gasteiger partial charge in [-0.05, 0) is 108 Å². The Hall–Kier alpha value is -5.65. The molecule has 0 bridgehead atoms. The van der Waals surface area contributed by atoms with Crippen LogP contribution in [-0.2, 0) is 0 Å². The highest BCUT2D eigenvalue weighted by Crippen LogP contribution is 2.36. The summed E-state index contributed by atoms with van der Waals surface area (Å²) in [5.41, 5.74) is 12.2. The van der Waals surface area contributed by atoms with Crippen molar-refractivity contribution in [2.45, 2.75) is 0 Å². The SMILES string of the molecule is c1ccc(C2=IC(c3cccc(-c4nc5ccccc5n4-c4ccccc4)c3)=IC(c3cccc(-c4nc5ccccc5n4-c4ccccc4)c3)=N2)cc1. The molecule has 0 amide bonds. The fourth-order valence-electron chi connectivity index (χ4n) is 6.91. The van der Waals surface area contributed by atoms with Gasteiger partial charge in [0.05, 0.1) is 23.6 Å². The van der Waals surface area contributed by atoms with Gasteiger partial charge < -0.3 is 0 Å². The highest BCUT2D eigenvalue weighted by molar-refractivity contribution is 14.3. The summed E-state index contributed by atoms with van der Waals surface area (Å²) < 4.78 is 8.48. The molecule has 258 valence electrons. The van der Waals surface area contributed by atoms with E-state index in [0.29, 0.717) is 0 Å². The molecule has 0 spiro atoms. The molecule has 0 saturated carbocycles. The van der Waals surface area contributed by atoms with Gasteiger partial charge in [0.1, 0.15) is 19.0 Å². The van der Waals surface area contributed by atoms with Crippen molar-refractivity contribution in [1.82, 2.24) is 19.1 Å². The molecule has 7 aromatic carbocycles. The van der Waals surface area contributed by atoms with E-state index in [9.17, 15) is 0 Å². The monoisotopic (exact) mass is 919 g/mol. The smallest absolute Gasteiger partial charge is 0.145 e. The number of halogens is 2. The molecule has 54 heavy (non-hydrogen) atoms. The molecule has 0 N–H and O–H groups in total. The number of rotatable bonds is 7. The summed E-state index contributed by atoms with van der Waals surface area (Å²) >= 11 is -1.06. The lowest BCUT2D eigenvalue weighted by Crippen LogP contribution is -2.07. The van der Waals surface area contributed by atoms with Crippen molar-refractivity contribution in [3.63, 3.8) is 0 Å². The molecule has 9 aromatic rings. The lowest BCUT2D eigenvalue weighted by molar-refractivity contribution is 1.10. The molecular weight excluding hydrogens is 888 g/mol. The van der Waals surface area contributed by atoms with Gasteiger partial charge in [-0.25, -0.2) is 15.0 Å². The summed E-state index contributed by atoms with van der Waals surface area (Å²) in [6.45, 7) is 0. The Bertz CT molecular complexity index is 2760. The van der Waals surface area contributed by atoms with Gasteiger partial charge in [-0.15, -0.1) is 0 Å². The molecule has 2 aromatic heterocycles. The van der Waals surface area contributed by atoms with E-state index in [2.05, 4.69) is 197 Å². The van der Waals surface area contributed by atoms with Crippen LogP contribution in [0.3, 0.4) is 0 Å². The summed E-state index contributed by atoms with van der Waals surface area (Å²) in [5, 5.41) is 0. The van der Waals surface area contributed by atoms with Gasteiger partial charge in [-0.3, -0.25) is 9.13 Å². The van der Waals surface area contributed by atoms with Gasteiger partial charge in [0.25, 0.3) is 0 Å². The Balaban J connectivity index is 1.11. The van der Waals surface area contributed by atoms with Crippen LogP contribution in [0.5, 0.6) is 0 Å². The maximum absolute atomic E-state index is 5.49. The maximum atomic E-state index is 5.49. The van der Waals surface area contributed by atoms with Crippen LogP contribution >= 0.6 is 41.5 Å². The highest BCUT2D eigenvalue weighted by atomic mass is 127. The van der Waals surface area contributed by atoms with Crippen LogP contribution < -0.4 is 0 Å². The molecule has 0 saturated heterocycles. The first-order valence-electron chi connectivity index (χ1n) is 17.7. The number of nitrogens with zero attached hydrogens (tertiary/aromatic N) is 5. The van der Waals surface area contributed by atoms with E-state index in [1.54, 1.807) is 1.52 Å². The minimum atomic E-state index is -0.564. The second-order valence-electron chi connectivity index (χ2n) is 12.9. The van der Waals surface area contributed by atoms with Gasteiger partial charge >= 0.3 is 0 Å². The minimum absolute atomic E-state index is 0.500. The van der Waals surface area contributed by atoms with Crippen molar-refractivity contribution in [1.29, 1.82) is 0 Å². The summed E-state index contributed by atoms with van der Waals surface area (Å²) in [7, 11) is 0. The van der Waals surface area contributed by atoms with E-state index in [-0.39, 0.29) is 0 Å². The molecule has 0 atom stereocenters. The standard InChI is InChI=1S/C47H31I2N5/c1-4-16-32(17-5-1)44-48-43(33-18-14-20-35(30-33)46-50-39-26-10-12-28-41(39)53(46)37-22-6-2-7-23-37)49-45(52-44)34-19-15-21-36(31-34)47-51-40-27-11-13-29-42(40)54(47)38-24-8-3-9-25-38/h1-31H. The number of imidazole rings is 2. The second kappa shape index (κ2) is 14.3. The molecule has 7 heteroatoms. The minimum Gasteiger partial charge on any atom is -0.292 e. The van der Waals surface area contributed by atoms with Crippen LogP contribution in [0.4, 0.5) is 0 Å². The number of hydrogen-bond donors (Lipinski definition) is 0. The average Bonchev–Trinajstić information content (AvgIpc) is 3.84. The molecule has 10 rings (SSSR count). The van der Waals surface area contributed by atoms with Gasteiger partial charge in [-0.1, -0.05) is 127 Å². The fourth-order valence-corrected chi connectivity index (χ4v) is 15.0. The third-order valence-electron chi connectivity index (χ3n) is 9.40. The Labute approximate surface area is 332 Å². The van der Waals surface area contributed by atoms with E-state index in [1.807, 2.05) is 0 Å². The van der Waals surface area contributed by atoms with Crippen LogP contribution in [0, 0.1) is 0 Å². The van der Waals surface area contributed by atoms with Crippen molar-refractivity contribution < 1.29 is 0 Å². The summed E-state index contributed by atoms with van der Waals surface area (Å²) in [6, 6.07) is 66.5. The molecule has 1 aliphatic heterocycles. The van der Waals surface area contributed by atoms with Crippen molar-refractivity contribution in [3.05, 3.63) is 205 Å². The van der Waals surface area contributed by atoms with Crippen LogP contribution in [0.15, 0.2) is 193 Å². The molecule has 5 nitrogen and oxygen atoms in total. The number of fused-ring (bicyclic) bond motifs is 2. The van der Waals surface area contributed by atoms with E-state index < -0.39 is 41.5 Å². The lowest BCUT2D eigenvalue weighted by Gasteiger charge is -2.15. The third kappa shape index (κ3) is 6.16. The Morgan fingerprint density at radius 2 is 0.815 bits per heavy atom. The number of benzene rings is 7. The van der Waals surface area contributed by atoms with E-state index in [4.69, 9.17) is 15.0 Å². The van der Waals surface area contributed by atoms with Gasteiger partial charge in [0.15, 0.2) is 0 Å². The molecule has 0 fully saturated rings. The molecule has 0 unspecified atom stereocenters. The molecule has 1 aliphatic rings. The lowest BCUT2D eigenvalue weighted by atomic mass is 10.1. The number of para-hydroxylation sites is 6. The molecule has 3 heterocycles. The largest absolute Gasteiger partial charge is 0.292 e. The topological polar surface area (TPSA) is 48.0 Å². The van der Waals surface area contributed by atoms with Crippen molar-refractivity contribution in [3.8, 4) is 34.2 Å². The van der Waals surface area contributed by atoms with Gasteiger partial charge in [-0.2, -0.15) is 0 Å². The number of aromatic nitrogens is 4. The molecular formula is C47H31I2N5. The average molecular weight is 920 g/mol. The summed E-state index contributed by atoms with van der Waals surface area (Å²) in [4.78, 5) is 15.8. The fraction of sp³-hybridized carbons (Fsp3) is 0. The maximum Gasteiger partial charge on any atom is 0.145 e. The number of hydrogen-bond acceptors (Lipinski definition) is 3. The van der Waals surface area contributed by atoms with Crippen molar-refractivity contribution in [2.24, 2.45) is 4.99 Å². The Morgan fingerprint density at radius 3 is 1.39 bits per heavy atom. The van der Waals surface area contributed by atoms with E-state index in [1.165, 1.54) is 18.5 Å². The first-order valence-corrected chi connectivity index (χ1v) is 22.0. The quantitative estimate of drug-likeness (QED) is 0.150. The van der Waals surface area contributed by atoms with Crippen LogP contribution in [0.25, 0.3) is 56.2 Å². The van der Waals surface area contributed by atoms with E-state index >= 15 is 0 Å². The normalized spacial score (nSPS) is 13.1. The van der Waals surface area contributed by atoms with Crippen LogP contribution in [-0.4, -0.2) is 28.0 Å². The van der Waals surface area contributed by atoms with Crippen LogP contribution in [0.2, 0.25) is 0 Å². The first-order chi connectivity index (χ1) is 26.8. The molecule has 0 aliphatic carbocycles. The van der Waals surface area contributed by atoms with Crippen molar-refractivity contribution in [2.75, 3.05) is 0 Å². The Morgan fingerprint density at radius 1 is 0.370 bits per heavy atom. The second-order valence-corrected chi connectivity index (χ2v) is 20.2. The van der Waals surface area contributed by atoms with Gasteiger partial charge in [0, 0.05) is 33.6 Å². The van der Waals surface area contributed by atoms with Crippen LogP contribution in [0.1, 0.15) is 16.7 Å². The molecule has 0 radical (unpaired) electrons. The third-order valence-corrected chi connectivity index (χ3v) is 17.1. The number of aliphatic imine (C=N–C) groups is 1. The van der Waals surface area contributed by atoms with E-state index in [0.717, 1.165) is 61.8 Å². The summed E-state index contributed by atoms with van der Waals surface area (Å²) in [6.07, 6.45) is 0. The highest BCUT2D eigenvalue weighted by Gasteiger charge is 2.20. The van der Waals surface area contributed by atoms with Crippen molar-refractivity contribution >= 4 is 72.4 Å². The zero-order valence-electron chi connectivity index (χ0n) is 28.9. The predicted molar refractivity (Wildman–Crippen MR) is 242 cm³/mol. The predicted octanol–water partition coefficient (Wildman–Crippen LogP) is 11.8. The summed E-state index contributed by atoms with van der Waals surface area (Å²) in [5.74, 6) is 1.88. The zero-order chi connectivity index (χ0) is 35.8.